The number of carbonyl (C=O) groups is 1. The predicted molar refractivity (Wildman–Crippen MR) is 76.9 cm³/mol. The summed E-state index contributed by atoms with van der Waals surface area (Å²) in [5, 5.41) is 8.93. The van der Waals surface area contributed by atoms with Crippen molar-refractivity contribution >= 4 is 5.78 Å². The number of ketones is 1. The average molecular weight is 258 g/mol. The van der Waals surface area contributed by atoms with Gasteiger partial charge in [0.05, 0.1) is 18.0 Å². The van der Waals surface area contributed by atoms with Crippen molar-refractivity contribution in [2.75, 3.05) is 13.1 Å². The van der Waals surface area contributed by atoms with Crippen molar-refractivity contribution in [1.29, 1.82) is 5.26 Å². The van der Waals surface area contributed by atoms with Gasteiger partial charge in [-0.2, -0.15) is 5.26 Å². The molecule has 0 N–H and O–H groups in total. The van der Waals surface area contributed by atoms with Crippen LogP contribution in [0, 0.1) is 17.2 Å². The van der Waals surface area contributed by atoms with Crippen LogP contribution in [0.3, 0.4) is 0 Å². The summed E-state index contributed by atoms with van der Waals surface area (Å²) in [6.07, 6.45) is 0.764. The quantitative estimate of drug-likeness (QED) is 0.706. The Morgan fingerprint density at radius 3 is 2.42 bits per heavy atom. The van der Waals surface area contributed by atoms with Crippen molar-refractivity contribution in [3.05, 3.63) is 35.9 Å². The molecule has 3 heteroatoms. The third-order valence-electron chi connectivity index (χ3n) is 3.32. The monoisotopic (exact) mass is 258 g/mol. The molecule has 2 unspecified atom stereocenters. The summed E-state index contributed by atoms with van der Waals surface area (Å²) in [4.78, 5) is 14.6. The van der Waals surface area contributed by atoms with E-state index in [0.29, 0.717) is 6.54 Å². The molecule has 0 saturated heterocycles. The van der Waals surface area contributed by atoms with E-state index in [-0.39, 0.29) is 17.7 Å². The van der Waals surface area contributed by atoms with E-state index in [2.05, 4.69) is 11.0 Å². The Morgan fingerprint density at radius 1 is 1.32 bits per heavy atom. The van der Waals surface area contributed by atoms with Crippen LogP contribution in [0.2, 0.25) is 0 Å². The van der Waals surface area contributed by atoms with E-state index in [0.717, 1.165) is 18.5 Å². The molecular formula is C16H22N2O. The number of carbonyl (C=O) groups excluding carboxylic acids is 1. The first-order valence-electron chi connectivity index (χ1n) is 6.86. The van der Waals surface area contributed by atoms with Crippen LogP contribution in [0.15, 0.2) is 30.3 Å². The fourth-order valence-corrected chi connectivity index (χ4v) is 2.27. The van der Waals surface area contributed by atoms with Crippen molar-refractivity contribution in [3.63, 3.8) is 0 Å². The molecule has 0 aliphatic rings. The minimum Gasteiger partial charge on any atom is -0.292 e. The third-order valence-corrected chi connectivity index (χ3v) is 3.32. The van der Waals surface area contributed by atoms with Crippen LogP contribution in [-0.2, 0) is 0 Å². The van der Waals surface area contributed by atoms with E-state index in [4.69, 9.17) is 5.26 Å². The Hall–Kier alpha value is -1.66. The molecule has 0 bridgehead atoms. The molecule has 0 fully saturated rings. The Morgan fingerprint density at radius 2 is 1.95 bits per heavy atom. The van der Waals surface area contributed by atoms with E-state index in [9.17, 15) is 4.79 Å². The molecule has 1 rings (SSSR count). The molecule has 3 nitrogen and oxygen atoms in total. The van der Waals surface area contributed by atoms with Crippen molar-refractivity contribution in [3.8, 4) is 6.07 Å². The normalized spacial score (nSPS) is 13.8. The van der Waals surface area contributed by atoms with Crippen LogP contribution in [0.25, 0.3) is 0 Å². The second-order valence-corrected chi connectivity index (χ2v) is 4.77. The van der Waals surface area contributed by atoms with Gasteiger partial charge in [-0.1, -0.05) is 44.2 Å². The Labute approximate surface area is 115 Å². The molecule has 0 heterocycles. The molecular weight excluding hydrogens is 236 g/mol. The highest BCUT2D eigenvalue weighted by atomic mass is 16.1. The highest BCUT2D eigenvalue weighted by molar-refractivity contribution is 6.00. The van der Waals surface area contributed by atoms with Crippen LogP contribution in [-0.4, -0.2) is 29.8 Å². The Bertz CT molecular complexity index is 436. The molecule has 0 spiro atoms. The van der Waals surface area contributed by atoms with Crippen molar-refractivity contribution in [2.24, 2.45) is 5.92 Å². The van der Waals surface area contributed by atoms with Gasteiger partial charge in [-0.05, 0) is 19.9 Å². The van der Waals surface area contributed by atoms with Gasteiger partial charge in [0.25, 0.3) is 0 Å². The number of hydrogen-bond acceptors (Lipinski definition) is 3. The second kappa shape index (κ2) is 7.70. The zero-order valence-corrected chi connectivity index (χ0v) is 12.0. The smallest absolute Gasteiger partial charge is 0.179 e. The molecule has 19 heavy (non-hydrogen) atoms. The van der Waals surface area contributed by atoms with Crippen LogP contribution >= 0.6 is 0 Å². The first-order chi connectivity index (χ1) is 9.13. The average Bonchev–Trinajstić information content (AvgIpc) is 2.47. The second-order valence-electron chi connectivity index (χ2n) is 4.77. The number of benzene rings is 1. The van der Waals surface area contributed by atoms with Gasteiger partial charge in [-0.25, -0.2) is 0 Å². The van der Waals surface area contributed by atoms with E-state index in [1.807, 2.05) is 51.1 Å². The number of nitrogens with zero attached hydrogens (tertiary/aromatic N) is 2. The van der Waals surface area contributed by atoms with Gasteiger partial charge in [0.15, 0.2) is 5.78 Å². The maximum Gasteiger partial charge on any atom is 0.179 e. The molecule has 0 radical (unpaired) electrons. The van der Waals surface area contributed by atoms with Crippen LogP contribution in [0.4, 0.5) is 0 Å². The summed E-state index contributed by atoms with van der Waals surface area (Å²) in [6, 6.07) is 11.5. The molecule has 0 aliphatic heterocycles. The Kier molecular flexibility index (Phi) is 6.24. The minimum atomic E-state index is -0.136. The number of likely N-dealkylation sites (N-methyl/N-ethyl adjacent to an activating group) is 1. The summed E-state index contributed by atoms with van der Waals surface area (Å²) >= 11 is 0. The fraction of sp³-hybridized carbons (Fsp3) is 0.500. The standard InChI is InChI=1S/C16H22N2O/c1-4-15(18(5-2)12-13(3)11-17)16(19)14-9-7-6-8-10-14/h6-10,13,15H,4-5,12H2,1-3H3. The van der Waals surface area contributed by atoms with Gasteiger partial charge in [0.2, 0.25) is 0 Å². The zero-order valence-electron chi connectivity index (χ0n) is 12.0. The van der Waals surface area contributed by atoms with E-state index in [1.54, 1.807) is 0 Å². The van der Waals surface area contributed by atoms with Gasteiger partial charge >= 0.3 is 0 Å². The lowest BCUT2D eigenvalue weighted by molar-refractivity contribution is 0.0807. The molecule has 1 aromatic rings. The number of rotatable bonds is 7. The van der Waals surface area contributed by atoms with Crippen LogP contribution < -0.4 is 0 Å². The first kappa shape index (κ1) is 15.4. The fourth-order valence-electron chi connectivity index (χ4n) is 2.27. The lowest BCUT2D eigenvalue weighted by Gasteiger charge is -2.29. The molecule has 0 aliphatic carbocycles. The summed E-state index contributed by atoms with van der Waals surface area (Å²) in [5.41, 5.74) is 0.748. The molecule has 2 atom stereocenters. The summed E-state index contributed by atoms with van der Waals surface area (Å²) in [5.74, 6) is 0.0904. The largest absolute Gasteiger partial charge is 0.292 e. The predicted octanol–water partition coefficient (Wildman–Crippen LogP) is 3.13. The lowest BCUT2D eigenvalue weighted by atomic mass is 9.99. The lowest BCUT2D eigenvalue weighted by Crippen LogP contribution is -2.42. The first-order valence-corrected chi connectivity index (χ1v) is 6.86. The molecule has 0 amide bonds. The Balaban J connectivity index is 2.86. The van der Waals surface area contributed by atoms with E-state index >= 15 is 0 Å². The van der Waals surface area contributed by atoms with Gasteiger partial charge in [-0.3, -0.25) is 9.69 Å². The van der Waals surface area contributed by atoms with Gasteiger partial charge < -0.3 is 0 Å². The highest BCUT2D eigenvalue weighted by Gasteiger charge is 2.25. The SMILES string of the molecule is CCC(C(=O)c1ccccc1)N(CC)CC(C)C#N. The number of hydrogen-bond donors (Lipinski definition) is 0. The number of Topliss-reactive ketones (excluding diaryl/α,β-unsaturated/α-hetero) is 1. The summed E-state index contributed by atoms with van der Waals surface area (Å²) in [6.45, 7) is 7.37. The minimum absolute atomic E-state index is 0.0578. The molecule has 1 aromatic carbocycles. The van der Waals surface area contributed by atoms with E-state index < -0.39 is 0 Å². The molecule has 102 valence electrons. The topological polar surface area (TPSA) is 44.1 Å². The van der Waals surface area contributed by atoms with Crippen molar-refractivity contribution in [2.45, 2.75) is 33.2 Å². The zero-order chi connectivity index (χ0) is 14.3. The third kappa shape index (κ3) is 4.18. The van der Waals surface area contributed by atoms with E-state index in [1.165, 1.54) is 0 Å². The molecule has 0 saturated carbocycles. The van der Waals surface area contributed by atoms with Gasteiger partial charge in [0, 0.05) is 12.1 Å². The summed E-state index contributed by atoms with van der Waals surface area (Å²) in [7, 11) is 0. The van der Waals surface area contributed by atoms with Crippen molar-refractivity contribution < 1.29 is 4.79 Å². The maximum atomic E-state index is 12.5. The highest BCUT2D eigenvalue weighted by Crippen LogP contribution is 2.14. The van der Waals surface area contributed by atoms with Gasteiger partial charge in [0.1, 0.15) is 0 Å². The van der Waals surface area contributed by atoms with Crippen molar-refractivity contribution in [1.82, 2.24) is 4.90 Å². The van der Waals surface area contributed by atoms with Crippen LogP contribution in [0.5, 0.6) is 0 Å². The maximum absolute atomic E-state index is 12.5. The van der Waals surface area contributed by atoms with Crippen LogP contribution in [0.1, 0.15) is 37.6 Å². The number of nitriles is 1. The summed E-state index contributed by atoms with van der Waals surface area (Å²) < 4.78 is 0. The van der Waals surface area contributed by atoms with Gasteiger partial charge in [-0.15, -0.1) is 0 Å². The molecule has 0 aromatic heterocycles.